The van der Waals surface area contributed by atoms with E-state index in [4.69, 9.17) is 0 Å². The summed E-state index contributed by atoms with van der Waals surface area (Å²) >= 11 is 0. The van der Waals surface area contributed by atoms with E-state index >= 15 is 0 Å². The molecule has 5 heteroatoms. The van der Waals surface area contributed by atoms with Gasteiger partial charge in [0.05, 0.1) is 11.2 Å². The van der Waals surface area contributed by atoms with Crippen molar-refractivity contribution >= 4 is 17.0 Å². The molecule has 0 aliphatic carbocycles. The largest absolute Gasteiger partial charge is 0.530 e. The van der Waals surface area contributed by atoms with Crippen LogP contribution in [0.2, 0.25) is 0 Å². The Hall–Kier alpha value is -2.82. The van der Waals surface area contributed by atoms with Gasteiger partial charge in [0.1, 0.15) is 6.09 Å². The van der Waals surface area contributed by atoms with Crippen LogP contribution in [-0.4, -0.2) is 33.6 Å². The first-order valence-electron chi connectivity index (χ1n) is 8.66. The van der Waals surface area contributed by atoms with Gasteiger partial charge in [0, 0.05) is 43.3 Å². The molecule has 1 aliphatic heterocycles. The summed E-state index contributed by atoms with van der Waals surface area (Å²) in [7, 11) is 0. The van der Waals surface area contributed by atoms with Crippen molar-refractivity contribution in [2.75, 3.05) is 13.1 Å². The van der Waals surface area contributed by atoms with Gasteiger partial charge in [-0.15, -0.1) is 0 Å². The molecule has 3 heterocycles. The Morgan fingerprint density at radius 3 is 2.60 bits per heavy atom. The quantitative estimate of drug-likeness (QED) is 0.740. The first-order chi connectivity index (χ1) is 12.2. The van der Waals surface area contributed by atoms with Gasteiger partial charge in [-0.3, -0.25) is 4.98 Å². The fourth-order valence-electron chi connectivity index (χ4n) is 3.72. The van der Waals surface area contributed by atoms with E-state index in [1.165, 1.54) is 21.4 Å². The molecular weight excluding hydrogens is 314 g/mol. The number of likely N-dealkylation sites (tertiary alicyclic amines) is 1. The molecule has 128 valence electrons. The number of pyridine rings is 1. The van der Waals surface area contributed by atoms with Gasteiger partial charge in [0.15, 0.2) is 0 Å². The van der Waals surface area contributed by atoms with Gasteiger partial charge in [-0.2, -0.15) is 0 Å². The van der Waals surface area contributed by atoms with Crippen molar-refractivity contribution < 1.29 is 9.90 Å². The van der Waals surface area contributed by atoms with Crippen molar-refractivity contribution in [3.8, 4) is 0 Å². The minimum Gasteiger partial charge on any atom is -0.530 e. The van der Waals surface area contributed by atoms with Crippen molar-refractivity contribution in [3.05, 3.63) is 66.1 Å². The van der Waals surface area contributed by atoms with Crippen molar-refractivity contribution in [1.29, 1.82) is 0 Å². The summed E-state index contributed by atoms with van der Waals surface area (Å²) in [5.74, 6) is 0.298. The van der Waals surface area contributed by atoms with E-state index in [9.17, 15) is 9.90 Å². The molecule has 1 amide bonds. The summed E-state index contributed by atoms with van der Waals surface area (Å²) in [6.07, 6.45) is 4.50. The number of amides is 1. The number of aromatic nitrogens is 2. The van der Waals surface area contributed by atoms with Crippen LogP contribution in [0.25, 0.3) is 10.9 Å². The molecule has 2 aromatic heterocycles. The van der Waals surface area contributed by atoms with Crippen LogP contribution in [0.1, 0.15) is 30.0 Å². The molecule has 5 nitrogen and oxygen atoms in total. The first-order valence-corrected chi connectivity index (χ1v) is 8.66. The topological polar surface area (TPSA) is 61.2 Å². The smallest absolute Gasteiger partial charge is 0.136 e. The third-order valence-electron chi connectivity index (χ3n) is 5.06. The van der Waals surface area contributed by atoms with Gasteiger partial charge in [0.2, 0.25) is 0 Å². The number of nitrogens with zero attached hydrogens (tertiary/aromatic N) is 3. The molecule has 0 unspecified atom stereocenters. The maximum Gasteiger partial charge on any atom is 0.136 e. The van der Waals surface area contributed by atoms with Gasteiger partial charge in [-0.25, -0.2) is 0 Å². The third-order valence-corrected chi connectivity index (χ3v) is 5.06. The SMILES string of the molecule is O=C([O-])N1CCC(c2nccc3c2ccn3Cc2ccccc2)CC1. The Labute approximate surface area is 146 Å². The molecule has 3 aromatic rings. The average molecular weight is 334 g/mol. The van der Waals surface area contributed by atoms with E-state index in [1.807, 2.05) is 12.3 Å². The number of hydrogen-bond donors (Lipinski definition) is 0. The molecule has 0 radical (unpaired) electrons. The molecule has 0 spiro atoms. The van der Waals surface area contributed by atoms with E-state index in [2.05, 4.69) is 52.1 Å². The summed E-state index contributed by atoms with van der Waals surface area (Å²) in [4.78, 5) is 17.0. The number of rotatable bonds is 3. The fraction of sp³-hybridized carbons (Fsp3) is 0.300. The Morgan fingerprint density at radius 2 is 1.88 bits per heavy atom. The van der Waals surface area contributed by atoms with Crippen LogP contribution in [-0.2, 0) is 6.54 Å². The van der Waals surface area contributed by atoms with E-state index in [0.29, 0.717) is 19.0 Å². The Morgan fingerprint density at radius 1 is 1.12 bits per heavy atom. The van der Waals surface area contributed by atoms with Gasteiger partial charge in [-0.1, -0.05) is 30.3 Å². The lowest BCUT2D eigenvalue weighted by Crippen LogP contribution is -2.45. The zero-order valence-electron chi connectivity index (χ0n) is 14.0. The molecule has 25 heavy (non-hydrogen) atoms. The van der Waals surface area contributed by atoms with E-state index in [0.717, 1.165) is 25.1 Å². The molecule has 1 fully saturated rings. The van der Waals surface area contributed by atoms with Crippen molar-refractivity contribution in [1.82, 2.24) is 14.5 Å². The van der Waals surface area contributed by atoms with Crippen LogP contribution in [0.4, 0.5) is 4.79 Å². The lowest BCUT2D eigenvalue weighted by atomic mass is 9.91. The van der Waals surface area contributed by atoms with Crippen LogP contribution in [0.5, 0.6) is 0 Å². The summed E-state index contributed by atoms with van der Waals surface area (Å²) in [6, 6.07) is 14.6. The van der Waals surface area contributed by atoms with Crippen molar-refractivity contribution in [2.24, 2.45) is 0 Å². The van der Waals surface area contributed by atoms with E-state index in [-0.39, 0.29) is 0 Å². The zero-order valence-corrected chi connectivity index (χ0v) is 14.0. The molecule has 1 aromatic carbocycles. The maximum absolute atomic E-state index is 11.0. The van der Waals surface area contributed by atoms with Crippen LogP contribution < -0.4 is 5.11 Å². The zero-order chi connectivity index (χ0) is 17.2. The second kappa shape index (κ2) is 6.59. The normalized spacial score (nSPS) is 15.6. The lowest BCUT2D eigenvalue weighted by Gasteiger charge is -2.33. The second-order valence-electron chi connectivity index (χ2n) is 6.59. The Kier molecular flexibility index (Phi) is 4.14. The summed E-state index contributed by atoms with van der Waals surface area (Å²) in [6.45, 7) is 1.88. The molecule has 0 atom stereocenters. The van der Waals surface area contributed by atoms with Crippen molar-refractivity contribution in [3.63, 3.8) is 0 Å². The number of fused-ring (bicyclic) bond motifs is 1. The summed E-state index contributed by atoms with van der Waals surface area (Å²) in [5.41, 5.74) is 3.53. The molecule has 0 N–H and O–H groups in total. The third kappa shape index (κ3) is 3.09. The second-order valence-corrected chi connectivity index (χ2v) is 6.59. The van der Waals surface area contributed by atoms with Crippen molar-refractivity contribution in [2.45, 2.75) is 25.3 Å². The highest BCUT2D eigenvalue weighted by molar-refractivity contribution is 5.83. The highest BCUT2D eigenvalue weighted by atomic mass is 16.4. The molecule has 0 bridgehead atoms. The maximum atomic E-state index is 11.0. The highest BCUT2D eigenvalue weighted by Crippen LogP contribution is 2.32. The number of carbonyl (C=O) groups excluding carboxylic acids is 1. The minimum absolute atomic E-state index is 0.298. The number of benzene rings is 1. The molecule has 1 saturated heterocycles. The minimum atomic E-state index is -1.07. The number of carbonyl (C=O) groups is 1. The summed E-state index contributed by atoms with van der Waals surface area (Å²) in [5, 5.41) is 12.2. The number of carboxylic acid groups (broad SMARTS) is 1. The van der Waals surface area contributed by atoms with Crippen LogP contribution in [0.3, 0.4) is 0 Å². The van der Waals surface area contributed by atoms with E-state index in [1.54, 1.807) is 0 Å². The standard InChI is InChI=1S/C20H21N3O2/c24-20(25)22-11-7-16(8-12-22)19-17-9-13-23(18(17)6-10-21-19)14-15-4-2-1-3-5-15/h1-6,9-10,13,16H,7-8,11-12,14H2,(H,24,25)/p-1. The predicted molar refractivity (Wildman–Crippen MR) is 94.2 cm³/mol. The molecule has 0 saturated carbocycles. The lowest BCUT2D eigenvalue weighted by molar-refractivity contribution is -0.266. The number of piperidine rings is 1. The van der Waals surface area contributed by atoms with Gasteiger partial charge in [0.25, 0.3) is 0 Å². The predicted octanol–water partition coefficient (Wildman–Crippen LogP) is 2.61. The summed E-state index contributed by atoms with van der Waals surface area (Å²) < 4.78 is 2.24. The molecule has 4 rings (SSSR count). The Balaban J connectivity index is 1.60. The van der Waals surface area contributed by atoms with Crippen LogP contribution >= 0.6 is 0 Å². The molecule has 1 aliphatic rings. The highest BCUT2D eigenvalue weighted by Gasteiger charge is 2.23. The first kappa shape index (κ1) is 15.7. The van der Waals surface area contributed by atoms with Gasteiger partial charge < -0.3 is 19.4 Å². The van der Waals surface area contributed by atoms with Crippen LogP contribution in [0.15, 0.2) is 54.9 Å². The number of hydrogen-bond acceptors (Lipinski definition) is 3. The monoisotopic (exact) mass is 334 g/mol. The average Bonchev–Trinajstić information content (AvgIpc) is 3.06. The molecular formula is C20H20N3O2-. The van der Waals surface area contributed by atoms with E-state index < -0.39 is 6.09 Å². The van der Waals surface area contributed by atoms with Gasteiger partial charge >= 0.3 is 0 Å². The fourth-order valence-corrected chi connectivity index (χ4v) is 3.72. The van der Waals surface area contributed by atoms with Gasteiger partial charge in [-0.05, 0) is 30.5 Å². The van der Waals surface area contributed by atoms with Crippen LogP contribution in [0, 0.1) is 0 Å². The Bertz CT molecular complexity index is 880.